The molecule has 1 aliphatic rings. The van der Waals surface area contributed by atoms with E-state index in [4.69, 9.17) is 10.8 Å². The van der Waals surface area contributed by atoms with Gasteiger partial charge in [0.25, 0.3) is 0 Å². The maximum Gasteiger partial charge on any atom is 0.124 e. The molecule has 1 fully saturated rings. The quantitative estimate of drug-likeness (QED) is 0.279. The average Bonchev–Trinajstić information content (AvgIpc) is 3.36. The molecule has 1 unspecified atom stereocenters. The normalized spacial score (nSPS) is 16.2. The van der Waals surface area contributed by atoms with Crippen molar-refractivity contribution in [1.29, 1.82) is 10.8 Å². The molecule has 0 aliphatic heterocycles. The van der Waals surface area contributed by atoms with Crippen LogP contribution in [0.4, 0.5) is 10.1 Å². The van der Waals surface area contributed by atoms with Gasteiger partial charge in [-0.05, 0) is 79.5 Å². The van der Waals surface area contributed by atoms with Crippen molar-refractivity contribution in [1.82, 2.24) is 5.32 Å². The first kappa shape index (κ1) is 20.6. The van der Waals surface area contributed by atoms with Gasteiger partial charge in [0.15, 0.2) is 0 Å². The highest BCUT2D eigenvalue weighted by molar-refractivity contribution is 14.1. The predicted molar refractivity (Wildman–Crippen MR) is 112 cm³/mol. The number of aliphatic hydroxyl groups excluding tert-OH is 1. The van der Waals surface area contributed by atoms with Crippen molar-refractivity contribution >= 4 is 39.7 Å². The highest BCUT2D eigenvalue weighted by Crippen LogP contribution is 2.28. The second-order valence-electron chi connectivity index (χ2n) is 6.51. The predicted octanol–water partition coefficient (Wildman–Crippen LogP) is 4.05. The second-order valence-corrected chi connectivity index (χ2v) is 7.67. The molecule has 5 N–H and O–H groups in total. The first-order valence-corrected chi connectivity index (χ1v) is 9.51. The molecule has 1 aromatic carbocycles. The first-order valence-electron chi connectivity index (χ1n) is 8.43. The van der Waals surface area contributed by atoms with Crippen LogP contribution in [0.2, 0.25) is 0 Å². The highest BCUT2D eigenvalue weighted by atomic mass is 127. The molecule has 1 aromatic rings. The minimum Gasteiger partial charge on any atom is -0.390 e. The third-order valence-electron chi connectivity index (χ3n) is 3.97. The Morgan fingerprint density at radius 3 is 2.62 bits per heavy atom. The van der Waals surface area contributed by atoms with Gasteiger partial charge < -0.3 is 26.6 Å². The van der Waals surface area contributed by atoms with Gasteiger partial charge in [0.05, 0.1) is 11.4 Å². The summed E-state index contributed by atoms with van der Waals surface area (Å²) in [4.78, 5) is 0. The summed E-state index contributed by atoms with van der Waals surface area (Å²) in [5.74, 6) is 0.336. The van der Waals surface area contributed by atoms with E-state index in [-0.39, 0.29) is 17.2 Å². The van der Waals surface area contributed by atoms with Crippen molar-refractivity contribution in [3.05, 3.63) is 51.1 Å². The maximum absolute atomic E-state index is 13.3. The minimum absolute atomic E-state index is 0.241. The summed E-state index contributed by atoms with van der Waals surface area (Å²) >= 11 is 2.01. The molecule has 7 heteroatoms. The van der Waals surface area contributed by atoms with Crippen molar-refractivity contribution in [2.45, 2.75) is 32.8 Å². The van der Waals surface area contributed by atoms with Gasteiger partial charge in [0.1, 0.15) is 11.9 Å². The Kier molecular flexibility index (Phi) is 7.33. The molecule has 0 radical (unpaired) electrons. The van der Waals surface area contributed by atoms with E-state index < -0.39 is 6.10 Å². The van der Waals surface area contributed by atoms with Crippen LogP contribution in [0.25, 0.3) is 0 Å². The van der Waals surface area contributed by atoms with Crippen LogP contribution in [-0.2, 0) is 0 Å². The summed E-state index contributed by atoms with van der Waals surface area (Å²) < 4.78 is 14.0. The zero-order valence-electron chi connectivity index (χ0n) is 14.9. The molecule has 140 valence electrons. The lowest BCUT2D eigenvalue weighted by atomic mass is 10.0. The Bertz CT molecular complexity index is 756. The van der Waals surface area contributed by atoms with E-state index >= 15 is 0 Å². The Hall–Kier alpha value is -1.74. The van der Waals surface area contributed by atoms with Crippen LogP contribution in [0.3, 0.4) is 0 Å². The van der Waals surface area contributed by atoms with Crippen molar-refractivity contribution in [3.8, 4) is 0 Å². The molecule has 1 saturated carbocycles. The molecule has 26 heavy (non-hydrogen) atoms. The van der Waals surface area contributed by atoms with Crippen molar-refractivity contribution in [3.63, 3.8) is 0 Å². The molecular formula is C19H24FIN4O. The van der Waals surface area contributed by atoms with E-state index in [0.717, 1.165) is 6.54 Å². The molecule has 1 aliphatic carbocycles. The lowest BCUT2D eigenvalue weighted by Crippen LogP contribution is -2.26. The summed E-state index contributed by atoms with van der Waals surface area (Å²) in [6.07, 6.45) is 4.52. The van der Waals surface area contributed by atoms with Gasteiger partial charge in [-0.25, -0.2) is 4.39 Å². The molecule has 0 spiro atoms. The Balaban J connectivity index is 2.24. The number of anilines is 1. The third-order valence-corrected chi connectivity index (χ3v) is 4.86. The molecular weight excluding hydrogens is 446 g/mol. The van der Waals surface area contributed by atoms with E-state index in [2.05, 4.69) is 10.6 Å². The summed E-state index contributed by atoms with van der Waals surface area (Å²) in [5.41, 5.74) is 1.93. The van der Waals surface area contributed by atoms with Crippen LogP contribution >= 0.6 is 22.6 Å². The maximum atomic E-state index is 13.3. The van der Waals surface area contributed by atoms with Crippen molar-refractivity contribution in [2.75, 3.05) is 11.9 Å². The SMILES string of the molecule is CC(=N)/C=C(\Nc1ccc(F)cc1I)C(O)/C(=C/NCC1CC1)C(C)=N. The Morgan fingerprint density at radius 1 is 1.38 bits per heavy atom. The monoisotopic (exact) mass is 470 g/mol. The van der Waals surface area contributed by atoms with Crippen LogP contribution in [0.5, 0.6) is 0 Å². The fourth-order valence-electron chi connectivity index (χ4n) is 2.38. The fraction of sp³-hybridized carbons (Fsp3) is 0.368. The van der Waals surface area contributed by atoms with Gasteiger partial charge in [-0.3, -0.25) is 0 Å². The minimum atomic E-state index is -1.10. The van der Waals surface area contributed by atoms with Crippen LogP contribution in [-0.4, -0.2) is 29.2 Å². The summed E-state index contributed by atoms with van der Waals surface area (Å²) in [6, 6.07) is 4.31. The van der Waals surface area contributed by atoms with Crippen LogP contribution in [0.15, 0.2) is 41.7 Å². The van der Waals surface area contributed by atoms with Gasteiger partial charge >= 0.3 is 0 Å². The van der Waals surface area contributed by atoms with Crippen molar-refractivity contribution in [2.24, 2.45) is 5.92 Å². The number of halogens is 2. The lowest BCUT2D eigenvalue weighted by molar-refractivity contribution is 0.253. The zero-order valence-corrected chi connectivity index (χ0v) is 17.0. The van der Waals surface area contributed by atoms with Crippen molar-refractivity contribution < 1.29 is 9.50 Å². The molecule has 5 nitrogen and oxygen atoms in total. The summed E-state index contributed by atoms with van der Waals surface area (Å²) in [7, 11) is 0. The molecule has 1 atom stereocenters. The number of hydrogen-bond acceptors (Lipinski definition) is 5. The van der Waals surface area contributed by atoms with E-state index in [1.54, 1.807) is 26.1 Å². The second kappa shape index (κ2) is 9.27. The number of nitrogens with one attached hydrogen (secondary N) is 4. The first-order chi connectivity index (χ1) is 12.3. The molecule has 0 aromatic heterocycles. The fourth-order valence-corrected chi connectivity index (χ4v) is 2.99. The van der Waals surface area contributed by atoms with Gasteiger partial charge in [-0.15, -0.1) is 0 Å². The van der Waals surface area contributed by atoms with E-state index in [9.17, 15) is 9.50 Å². The topological polar surface area (TPSA) is 92.0 Å². The van der Waals surface area contributed by atoms with Crippen LogP contribution in [0.1, 0.15) is 26.7 Å². The zero-order chi connectivity index (χ0) is 19.3. The third kappa shape index (κ3) is 6.21. The molecule has 0 saturated heterocycles. The molecule has 0 amide bonds. The largest absolute Gasteiger partial charge is 0.390 e. The standard InChI is InChI=1S/C19H24FIN4O/c1-11(22)7-18(25-17-6-5-14(20)8-16(17)21)19(26)15(12(2)23)10-24-9-13-3-4-13/h5-8,10,13,19,22-26H,3-4,9H2,1-2H3/b15-10+,18-7-,22-11?,23-12?. The molecule has 2 rings (SSSR count). The molecule has 0 bridgehead atoms. The number of benzene rings is 1. The highest BCUT2D eigenvalue weighted by Gasteiger charge is 2.22. The van der Waals surface area contributed by atoms with Gasteiger partial charge in [-0.1, -0.05) is 0 Å². The summed E-state index contributed by atoms with van der Waals surface area (Å²) in [5, 5.41) is 32.8. The lowest BCUT2D eigenvalue weighted by Gasteiger charge is -2.21. The summed E-state index contributed by atoms with van der Waals surface area (Å²) in [6.45, 7) is 4.05. The number of hydrogen-bond donors (Lipinski definition) is 5. The Morgan fingerprint density at radius 2 is 2.08 bits per heavy atom. The van der Waals surface area contributed by atoms with Crippen LogP contribution < -0.4 is 10.6 Å². The Labute approximate surface area is 166 Å². The number of allylic oxidation sites excluding steroid dienone is 1. The van der Waals surface area contributed by atoms with Gasteiger partial charge in [-0.2, -0.15) is 0 Å². The average molecular weight is 470 g/mol. The number of rotatable bonds is 9. The number of aliphatic hydroxyl groups is 1. The van der Waals surface area contributed by atoms with Crippen LogP contribution in [0, 0.1) is 26.1 Å². The van der Waals surface area contributed by atoms with E-state index in [1.807, 2.05) is 22.6 Å². The molecule has 0 heterocycles. The van der Waals surface area contributed by atoms with Gasteiger partial charge in [0.2, 0.25) is 0 Å². The van der Waals surface area contributed by atoms with E-state index in [1.165, 1.54) is 31.1 Å². The van der Waals surface area contributed by atoms with Gasteiger partial charge in [0, 0.05) is 33.3 Å². The van der Waals surface area contributed by atoms with E-state index in [0.29, 0.717) is 26.4 Å². The smallest absolute Gasteiger partial charge is 0.124 e.